The van der Waals surface area contributed by atoms with Crippen LogP contribution in [-0.2, 0) is 4.79 Å². The lowest BCUT2D eigenvalue weighted by molar-refractivity contribution is -0.116. The van der Waals surface area contributed by atoms with E-state index in [9.17, 15) is 4.79 Å². The van der Waals surface area contributed by atoms with Crippen LogP contribution < -0.4 is 10.2 Å². The lowest BCUT2D eigenvalue weighted by Crippen LogP contribution is -2.38. The highest BCUT2D eigenvalue weighted by Crippen LogP contribution is 2.20. The van der Waals surface area contributed by atoms with Gasteiger partial charge in [-0.3, -0.25) is 9.78 Å². The standard InChI is InChI=1S/C19H21ClN4O/c20-17-4-2-1-3-16(17)5-6-19(25)23-13-15-7-11-24(12-8-15)18-14-21-9-10-22-18/h1-6,9-10,14-15H,7-8,11-13H2,(H,23,25). The molecule has 1 aliphatic heterocycles. The average molecular weight is 357 g/mol. The lowest BCUT2D eigenvalue weighted by atomic mass is 9.97. The van der Waals surface area contributed by atoms with Crippen LogP contribution in [0.5, 0.6) is 0 Å². The largest absolute Gasteiger partial charge is 0.355 e. The zero-order chi connectivity index (χ0) is 17.5. The number of nitrogens with zero attached hydrogens (tertiary/aromatic N) is 3. The second kappa shape index (κ2) is 8.62. The fourth-order valence-electron chi connectivity index (χ4n) is 2.90. The predicted molar refractivity (Wildman–Crippen MR) is 100 cm³/mol. The second-order valence-corrected chi connectivity index (χ2v) is 6.50. The monoisotopic (exact) mass is 356 g/mol. The van der Waals surface area contributed by atoms with Crippen LogP contribution in [0.2, 0.25) is 5.02 Å². The summed E-state index contributed by atoms with van der Waals surface area (Å²) in [6.45, 7) is 2.57. The van der Waals surface area contributed by atoms with E-state index in [-0.39, 0.29) is 5.91 Å². The Bertz CT molecular complexity index is 727. The highest BCUT2D eigenvalue weighted by molar-refractivity contribution is 6.32. The van der Waals surface area contributed by atoms with Crippen LogP contribution in [0, 0.1) is 5.92 Å². The molecule has 1 aromatic carbocycles. The smallest absolute Gasteiger partial charge is 0.244 e. The van der Waals surface area contributed by atoms with Crippen molar-refractivity contribution in [2.24, 2.45) is 5.92 Å². The van der Waals surface area contributed by atoms with Gasteiger partial charge in [-0.1, -0.05) is 29.8 Å². The van der Waals surface area contributed by atoms with Crippen molar-refractivity contribution in [1.82, 2.24) is 15.3 Å². The van der Waals surface area contributed by atoms with E-state index >= 15 is 0 Å². The van der Waals surface area contributed by atoms with Crippen LogP contribution >= 0.6 is 11.6 Å². The Labute approximate surface area is 152 Å². The molecule has 2 aromatic rings. The van der Waals surface area contributed by atoms with Gasteiger partial charge in [0.05, 0.1) is 6.20 Å². The Kier molecular flexibility index (Phi) is 6.01. The van der Waals surface area contributed by atoms with E-state index in [0.29, 0.717) is 17.5 Å². The van der Waals surface area contributed by atoms with Crippen molar-refractivity contribution in [3.8, 4) is 0 Å². The molecule has 0 bridgehead atoms. The van der Waals surface area contributed by atoms with Crippen molar-refractivity contribution >= 4 is 29.4 Å². The molecular weight excluding hydrogens is 336 g/mol. The van der Waals surface area contributed by atoms with Crippen LogP contribution in [-0.4, -0.2) is 35.5 Å². The number of amides is 1. The Morgan fingerprint density at radius 2 is 2.08 bits per heavy atom. The summed E-state index contributed by atoms with van der Waals surface area (Å²) in [6, 6.07) is 7.46. The van der Waals surface area contributed by atoms with Gasteiger partial charge in [-0.15, -0.1) is 0 Å². The van der Waals surface area contributed by atoms with Crippen molar-refractivity contribution in [2.45, 2.75) is 12.8 Å². The maximum atomic E-state index is 12.0. The van der Waals surface area contributed by atoms with E-state index in [1.54, 1.807) is 24.7 Å². The molecule has 0 spiro atoms. The Balaban J connectivity index is 1.42. The molecule has 25 heavy (non-hydrogen) atoms. The van der Waals surface area contributed by atoms with Crippen molar-refractivity contribution in [2.75, 3.05) is 24.5 Å². The molecule has 1 aliphatic rings. The Morgan fingerprint density at radius 3 is 2.80 bits per heavy atom. The van der Waals surface area contributed by atoms with Gasteiger partial charge in [-0.25, -0.2) is 4.98 Å². The zero-order valence-corrected chi connectivity index (χ0v) is 14.7. The van der Waals surface area contributed by atoms with Gasteiger partial charge >= 0.3 is 0 Å². The lowest BCUT2D eigenvalue weighted by Gasteiger charge is -2.32. The van der Waals surface area contributed by atoms with E-state index in [4.69, 9.17) is 11.6 Å². The summed E-state index contributed by atoms with van der Waals surface area (Å²) in [6.07, 6.45) is 10.5. The number of hydrogen-bond acceptors (Lipinski definition) is 4. The second-order valence-electron chi connectivity index (χ2n) is 6.09. The van der Waals surface area contributed by atoms with Crippen molar-refractivity contribution < 1.29 is 4.79 Å². The Hall–Kier alpha value is -2.40. The first-order chi connectivity index (χ1) is 12.2. The maximum Gasteiger partial charge on any atom is 0.244 e. The molecule has 6 heteroatoms. The first kappa shape index (κ1) is 17.4. The summed E-state index contributed by atoms with van der Waals surface area (Å²) in [7, 11) is 0. The number of carbonyl (C=O) groups is 1. The molecule has 130 valence electrons. The molecule has 0 radical (unpaired) electrons. The minimum Gasteiger partial charge on any atom is -0.355 e. The summed E-state index contributed by atoms with van der Waals surface area (Å²) in [5, 5.41) is 3.62. The minimum atomic E-state index is -0.0868. The summed E-state index contributed by atoms with van der Waals surface area (Å²) in [4.78, 5) is 22.7. The van der Waals surface area contributed by atoms with Gasteiger partial charge in [0.15, 0.2) is 0 Å². The van der Waals surface area contributed by atoms with Gasteiger partial charge in [0, 0.05) is 43.1 Å². The fraction of sp³-hybridized carbons (Fsp3) is 0.316. The van der Waals surface area contributed by atoms with Gasteiger partial charge in [-0.05, 0) is 36.5 Å². The third-order valence-corrected chi connectivity index (χ3v) is 4.72. The molecular formula is C19H21ClN4O. The predicted octanol–water partition coefficient (Wildman–Crippen LogP) is 3.18. The van der Waals surface area contributed by atoms with E-state index in [0.717, 1.165) is 37.3 Å². The Morgan fingerprint density at radius 1 is 1.28 bits per heavy atom. The molecule has 1 aromatic heterocycles. The number of halogens is 1. The van der Waals surface area contributed by atoms with Gasteiger partial charge in [0.2, 0.25) is 5.91 Å². The number of carbonyl (C=O) groups excluding carboxylic acids is 1. The first-order valence-corrected chi connectivity index (χ1v) is 8.81. The summed E-state index contributed by atoms with van der Waals surface area (Å²) in [5.74, 6) is 1.33. The molecule has 0 atom stereocenters. The molecule has 5 nitrogen and oxygen atoms in total. The number of hydrogen-bond donors (Lipinski definition) is 1. The average Bonchev–Trinajstić information content (AvgIpc) is 2.67. The number of anilines is 1. The van der Waals surface area contributed by atoms with Gasteiger partial charge in [0.1, 0.15) is 5.82 Å². The number of piperidine rings is 1. The normalized spacial score (nSPS) is 15.5. The first-order valence-electron chi connectivity index (χ1n) is 8.44. The van der Waals surface area contributed by atoms with E-state index < -0.39 is 0 Å². The van der Waals surface area contributed by atoms with Gasteiger partial charge in [0.25, 0.3) is 0 Å². The highest BCUT2D eigenvalue weighted by Gasteiger charge is 2.20. The zero-order valence-electron chi connectivity index (χ0n) is 13.9. The topological polar surface area (TPSA) is 58.1 Å². The van der Waals surface area contributed by atoms with Gasteiger partial charge < -0.3 is 10.2 Å². The van der Waals surface area contributed by atoms with Crippen LogP contribution in [0.25, 0.3) is 6.08 Å². The van der Waals surface area contributed by atoms with Gasteiger partial charge in [-0.2, -0.15) is 0 Å². The molecule has 3 rings (SSSR count). The molecule has 1 amide bonds. The van der Waals surface area contributed by atoms with Crippen LogP contribution in [0.1, 0.15) is 18.4 Å². The highest BCUT2D eigenvalue weighted by atomic mass is 35.5. The molecule has 2 heterocycles. The third-order valence-electron chi connectivity index (χ3n) is 4.37. The fourth-order valence-corrected chi connectivity index (χ4v) is 3.10. The van der Waals surface area contributed by atoms with Crippen molar-refractivity contribution in [3.63, 3.8) is 0 Å². The molecule has 0 saturated carbocycles. The number of nitrogens with one attached hydrogen (secondary N) is 1. The van der Waals surface area contributed by atoms with Crippen molar-refractivity contribution in [3.05, 3.63) is 59.5 Å². The van der Waals surface area contributed by atoms with Crippen LogP contribution in [0.4, 0.5) is 5.82 Å². The minimum absolute atomic E-state index is 0.0868. The van der Waals surface area contributed by atoms with E-state index in [1.165, 1.54) is 6.08 Å². The third kappa shape index (κ3) is 5.03. The van der Waals surface area contributed by atoms with E-state index in [1.807, 2.05) is 24.3 Å². The van der Waals surface area contributed by atoms with Crippen LogP contribution in [0.15, 0.2) is 48.9 Å². The van der Waals surface area contributed by atoms with Crippen LogP contribution in [0.3, 0.4) is 0 Å². The number of benzene rings is 1. The van der Waals surface area contributed by atoms with E-state index in [2.05, 4.69) is 20.2 Å². The molecule has 1 N–H and O–H groups in total. The quantitative estimate of drug-likeness (QED) is 0.836. The van der Waals surface area contributed by atoms with Crippen molar-refractivity contribution in [1.29, 1.82) is 0 Å². The summed E-state index contributed by atoms with van der Waals surface area (Å²) < 4.78 is 0. The summed E-state index contributed by atoms with van der Waals surface area (Å²) in [5.41, 5.74) is 0.844. The molecule has 0 aliphatic carbocycles. The number of aromatic nitrogens is 2. The molecule has 0 unspecified atom stereocenters. The molecule has 1 fully saturated rings. The summed E-state index contributed by atoms with van der Waals surface area (Å²) >= 11 is 6.07. The maximum absolute atomic E-state index is 12.0. The SMILES string of the molecule is O=C(C=Cc1ccccc1Cl)NCC1CCN(c2cnccn2)CC1. The molecule has 1 saturated heterocycles. The number of rotatable bonds is 5.